The summed E-state index contributed by atoms with van der Waals surface area (Å²) in [6, 6.07) is 18.1. The quantitative estimate of drug-likeness (QED) is 0.869. The zero-order chi connectivity index (χ0) is 16.1. The van der Waals surface area contributed by atoms with Crippen LogP contribution in [0, 0.1) is 0 Å². The third-order valence-corrected chi connectivity index (χ3v) is 4.56. The number of piperazine rings is 1. The van der Waals surface area contributed by atoms with Crippen LogP contribution in [0.25, 0.3) is 0 Å². The first-order valence-corrected chi connectivity index (χ1v) is 8.22. The summed E-state index contributed by atoms with van der Waals surface area (Å²) in [5, 5.41) is 10.4. The number of rotatable bonds is 5. The number of quaternary nitrogens is 1. The maximum atomic E-state index is 10.4. The Balaban J connectivity index is 1.56. The molecule has 0 amide bonds. The minimum absolute atomic E-state index is 0.385. The highest BCUT2D eigenvalue weighted by atomic mass is 16.5. The van der Waals surface area contributed by atoms with Gasteiger partial charge in [-0.15, -0.1) is 0 Å². The van der Waals surface area contributed by atoms with Crippen molar-refractivity contribution in [2.24, 2.45) is 0 Å². The summed E-state index contributed by atoms with van der Waals surface area (Å²) < 4.78 is 5.46. The Morgan fingerprint density at radius 1 is 1.04 bits per heavy atom. The van der Waals surface area contributed by atoms with Crippen LogP contribution in [0.1, 0.15) is 11.7 Å². The monoisotopic (exact) mass is 313 g/mol. The number of benzene rings is 2. The number of aliphatic hydroxyl groups excluding tert-OH is 1. The van der Waals surface area contributed by atoms with Crippen LogP contribution in [0.3, 0.4) is 0 Å². The van der Waals surface area contributed by atoms with Gasteiger partial charge in [0.2, 0.25) is 0 Å². The second kappa shape index (κ2) is 7.49. The van der Waals surface area contributed by atoms with Crippen LogP contribution < -0.4 is 14.5 Å². The van der Waals surface area contributed by atoms with Crippen LogP contribution in [0.2, 0.25) is 0 Å². The maximum absolute atomic E-state index is 10.4. The molecule has 1 aliphatic heterocycles. The molecule has 122 valence electrons. The minimum atomic E-state index is -0.385. The Morgan fingerprint density at radius 2 is 1.70 bits per heavy atom. The average Bonchev–Trinajstić information content (AvgIpc) is 2.63. The molecule has 2 aromatic carbocycles. The summed E-state index contributed by atoms with van der Waals surface area (Å²) in [5.41, 5.74) is 2.17. The third-order valence-electron chi connectivity index (χ3n) is 4.56. The smallest absolute Gasteiger partial charge is 0.142 e. The number of hydrogen-bond acceptors (Lipinski definition) is 3. The van der Waals surface area contributed by atoms with E-state index in [0.29, 0.717) is 0 Å². The van der Waals surface area contributed by atoms with Gasteiger partial charge >= 0.3 is 0 Å². The summed E-state index contributed by atoms with van der Waals surface area (Å²) in [5.74, 6) is 0.931. The second-order valence-electron chi connectivity index (χ2n) is 6.04. The lowest BCUT2D eigenvalue weighted by Gasteiger charge is -2.35. The van der Waals surface area contributed by atoms with Crippen molar-refractivity contribution in [3.63, 3.8) is 0 Å². The summed E-state index contributed by atoms with van der Waals surface area (Å²) in [6.45, 7) is 4.79. The lowest BCUT2D eigenvalue weighted by Crippen LogP contribution is -3.15. The number of nitrogens with one attached hydrogen (secondary N) is 1. The Labute approximate surface area is 137 Å². The van der Waals surface area contributed by atoms with E-state index in [4.69, 9.17) is 4.74 Å². The van der Waals surface area contributed by atoms with Crippen molar-refractivity contribution >= 4 is 5.69 Å². The zero-order valence-electron chi connectivity index (χ0n) is 13.6. The Bertz CT molecular complexity index is 610. The normalized spacial score (nSPS) is 17.0. The molecule has 0 unspecified atom stereocenters. The van der Waals surface area contributed by atoms with Gasteiger partial charge in [0.25, 0.3) is 0 Å². The highest BCUT2D eigenvalue weighted by Crippen LogP contribution is 2.27. The molecule has 2 aromatic rings. The molecule has 0 bridgehead atoms. The predicted molar refractivity (Wildman–Crippen MR) is 92.2 cm³/mol. The van der Waals surface area contributed by atoms with Crippen molar-refractivity contribution in [2.45, 2.75) is 6.10 Å². The van der Waals surface area contributed by atoms with E-state index < -0.39 is 0 Å². The first kappa shape index (κ1) is 15.8. The van der Waals surface area contributed by atoms with E-state index >= 15 is 0 Å². The fraction of sp³-hybridized carbons (Fsp3) is 0.368. The lowest BCUT2D eigenvalue weighted by molar-refractivity contribution is -0.904. The van der Waals surface area contributed by atoms with E-state index in [9.17, 15) is 5.11 Å². The van der Waals surface area contributed by atoms with Crippen LogP contribution >= 0.6 is 0 Å². The summed E-state index contributed by atoms with van der Waals surface area (Å²) in [6.07, 6.45) is -0.385. The first-order chi connectivity index (χ1) is 11.3. The molecule has 0 saturated carbocycles. The van der Waals surface area contributed by atoms with Gasteiger partial charge in [-0.2, -0.15) is 0 Å². The number of methoxy groups -OCH3 is 1. The van der Waals surface area contributed by atoms with Gasteiger partial charge in [0, 0.05) is 0 Å². The number of hydrogen-bond donors (Lipinski definition) is 2. The van der Waals surface area contributed by atoms with Crippen LogP contribution in [0.4, 0.5) is 5.69 Å². The molecular weight excluding hydrogens is 288 g/mol. The van der Waals surface area contributed by atoms with Crippen LogP contribution in [-0.4, -0.2) is 44.9 Å². The molecular formula is C19H25N2O2+. The van der Waals surface area contributed by atoms with Gasteiger partial charge < -0.3 is 19.6 Å². The van der Waals surface area contributed by atoms with E-state index in [0.717, 1.165) is 49.7 Å². The van der Waals surface area contributed by atoms with Crippen LogP contribution in [-0.2, 0) is 0 Å². The molecule has 0 radical (unpaired) electrons. The second-order valence-corrected chi connectivity index (χ2v) is 6.04. The van der Waals surface area contributed by atoms with E-state index in [1.807, 2.05) is 42.5 Å². The molecule has 4 nitrogen and oxygen atoms in total. The topological polar surface area (TPSA) is 37.1 Å². The standard InChI is InChI=1S/C19H24N2O2/c1-23-19-10-6-5-9-17(19)21-13-11-20(12-14-21)15-18(22)16-7-3-2-4-8-16/h2-10,18,22H,11-15H2,1H3/p+1/t18-/m1/s1. The number of anilines is 1. The highest BCUT2D eigenvalue weighted by Gasteiger charge is 2.24. The molecule has 0 aromatic heterocycles. The molecule has 0 spiro atoms. The zero-order valence-corrected chi connectivity index (χ0v) is 13.6. The van der Waals surface area contributed by atoms with E-state index in [2.05, 4.69) is 17.0 Å². The molecule has 4 heteroatoms. The number of aliphatic hydroxyl groups is 1. The SMILES string of the molecule is COc1ccccc1N1CC[NH+](C[C@@H](O)c2ccccc2)CC1. The molecule has 2 N–H and O–H groups in total. The molecule has 0 aliphatic carbocycles. The maximum Gasteiger partial charge on any atom is 0.142 e. The van der Waals surface area contributed by atoms with Crippen molar-refractivity contribution in [3.05, 3.63) is 60.2 Å². The van der Waals surface area contributed by atoms with Crippen molar-refractivity contribution in [3.8, 4) is 5.75 Å². The predicted octanol–water partition coefficient (Wildman–Crippen LogP) is 1.13. The molecule has 23 heavy (non-hydrogen) atoms. The molecule has 1 atom stereocenters. The summed E-state index contributed by atoms with van der Waals surface area (Å²) in [7, 11) is 1.72. The van der Waals surface area contributed by atoms with Gasteiger partial charge in [-0.1, -0.05) is 42.5 Å². The number of nitrogens with zero attached hydrogens (tertiary/aromatic N) is 1. The van der Waals surface area contributed by atoms with Crippen LogP contribution in [0.5, 0.6) is 5.75 Å². The number of para-hydroxylation sites is 2. The largest absolute Gasteiger partial charge is 0.495 e. The van der Waals surface area contributed by atoms with Gasteiger partial charge in [-0.05, 0) is 17.7 Å². The minimum Gasteiger partial charge on any atom is -0.495 e. The molecule has 1 aliphatic rings. The van der Waals surface area contributed by atoms with E-state index in [1.54, 1.807) is 7.11 Å². The fourth-order valence-electron chi connectivity index (χ4n) is 3.23. The first-order valence-electron chi connectivity index (χ1n) is 8.22. The molecule has 1 heterocycles. The van der Waals surface area contributed by atoms with Gasteiger partial charge in [0.15, 0.2) is 0 Å². The average molecular weight is 313 g/mol. The lowest BCUT2D eigenvalue weighted by atomic mass is 10.1. The molecule has 1 saturated heterocycles. The summed E-state index contributed by atoms with van der Waals surface area (Å²) >= 11 is 0. The van der Waals surface area contributed by atoms with E-state index in [1.165, 1.54) is 4.90 Å². The Hall–Kier alpha value is -2.04. The molecule has 1 fully saturated rings. The summed E-state index contributed by atoms with van der Waals surface area (Å²) in [4.78, 5) is 3.82. The highest BCUT2D eigenvalue weighted by molar-refractivity contribution is 5.58. The van der Waals surface area contributed by atoms with Gasteiger partial charge in [0.1, 0.15) is 18.4 Å². The number of ether oxygens (including phenoxy) is 1. The van der Waals surface area contributed by atoms with Crippen molar-refractivity contribution in [2.75, 3.05) is 44.7 Å². The van der Waals surface area contributed by atoms with Crippen LogP contribution in [0.15, 0.2) is 54.6 Å². The van der Waals surface area contributed by atoms with Crippen molar-refractivity contribution < 1.29 is 14.7 Å². The van der Waals surface area contributed by atoms with E-state index in [-0.39, 0.29) is 6.10 Å². The Morgan fingerprint density at radius 3 is 2.39 bits per heavy atom. The Kier molecular flexibility index (Phi) is 5.16. The van der Waals surface area contributed by atoms with Gasteiger partial charge in [-0.3, -0.25) is 0 Å². The fourth-order valence-corrected chi connectivity index (χ4v) is 3.23. The van der Waals surface area contributed by atoms with Gasteiger partial charge in [0.05, 0.1) is 39.0 Å². The third kappa shape index (κ3) is 3.84. The van der Waals surface area contributed by atoms with Crippen molar-refractivity contribution in [1.82, 2.24) is 0 Å². The molecule has 3 rings (SSSR count). The van der Waals surface area contributed by atoms with Crippen molar-refractivity contribution in [1.29, 1.82) is 0 Å². The van der Waals surface area contributed by atoms with Gasteiger partial charge in [-0.25, -0.2) is 0 Å².